The molecule has 1 rings (SSSR count). The number of para-hydroxylation sites is 1. The lowest BCUT2D eigenvalue weighted by Crippen LogP contribution is -2.16. The van der Waals surface area contributed by atoms with E-state index in [0.29, 0.717) is 10.7 Å². The van der Waals surface area contributed by atoms with Crippen LogP contribution in [-0.2, 0) is 0 Å². The highest BCUT2D eigenvalue weighted by Crippen LogP contribution is 2.27. The van der Waals surface area contributed by atoms with Gasteiger partial charge in [-0.05, 0) is 31.9 Å². The highest BCUT2D eigenvalue weighted by Gasteiger charge is 2.06. The number of nitrogens with one attached hydrogen (secondary N) is 1. The predicted molar refractivity (Wildman–Crippen MR) is 65.3 cm³/mol. The van der Waals surface area contributed by atoms with Crippen LogP contribution in [0.2, 0.25) is 5.02 Å². The van der Waals surface area contributed by atoms with E-state index in [9.17, 15) is 0 Å². The van der Waals surface area contributed by atoms with Crippen molar-refractivity contribution in [2.24, 2.45) is 0 Å². The van der Waals surface area contributed by atoms with Gasteiger partial charge in [0.2, 0.25) is 0 Å². The second kappa shape index (κ2) is 5.83. The highest BCUT2D eigenvalue weighted by molar-refractivity contribution is 6.33. The van der Waals surface area contributed by atoms with Gasteiger partial charge in [0.05, 0.1) is 16.4 Å². The molecule has 0 aliphatic carbocycles. The summed E-state index contributed by atoms with van der Waals surface area (Å²) in [7, 11) is 0. The molecule has 0 aromatic heterocycles. The molecule has 1 aromatic carbocycles. The molecule has 0 saturated carbocycles. The number of halogens is 1. The summed E-state index contributed by atoms with van der Waals surface area (Å²) in [6.07, 6.45) is 1.69. The van der Waals surface area contributed by atoms with Crippen LogP contribution in [0.5, 0.6) is 0 Å². The van der Waals surface area contributed by atoms with Gasteiger partial charge in [0.25, 0.3) is 0 Å². The van der Waals surface area contributed by atoms with Crippen LogP contribution in [-0.4, -0.2) is 17.8 Å². The lowest BCUT2D eigenvalue weighted by molar-refractivity contribution is 0.282. The molecule has 0 saturated heterocycles. The van der Waals surface area contributed by atoms with E-state index in [0.717, 1.165) is 18.5 Å². The number of benzene rings is 1. The molecule has 0 bridgehead atoms. The third-order valence-electron chi connectivity index (χ3n) is 2.25. The molecule has 4 heteroatoms. The lowest BCUT2D eigenvalue weighted by atomic mass is 10.1. The van der Waals surface area contributed by atoms with Gasteiger partial charge in [-0.15, -0.1) is 0 Å². The van der Waals surface area contributed by atoms with Gasteiger partial charge in [0, 0.05) is 12.6 Å². The van der Waals surface area contributed by atoms with E-state index in [-0.39, 0.29) is 12.6 Å². The number of nitrogen functional groups attached to an aromatic ring is 1. The molecule has 15 heavy (non-hydrogen) atoms. The third-order valence-corrected chi connectivity index (χ3v) is 2.58. The Hall–Kier alpha value is -0.930. The van der Waals surface area contributed by atoms with Crippen LogP contribution in [0.15, 0.2) is 18.2 Å². The van der Waals surface area contributed by atoms with Crippen LogP contribution in [0.4, 0.5) is 11.4 Å². The first-order valence-corrected chi connectivity index (χ1v) is 5.44. The first kappa shape index (κ1) is 12.1. The zero-order valence-electron chi connectivity index (χ0n) is 8.83. The maximum atomic E-state index is 8.71. The molecule has 1 unspecified atom stereocenters. The summed E-state index contributed by atoms with van der Waals surface area (Å²) >= 11 is 5.90. The molecule has 0 aliphatic heterocycles. The van der Waals surface area contributed by atoms with Crippen molar-refractivity contribution in [2.45, 2.75) is 25.8 Å². The number of anilines is 2. The Morgan fingerprint density at radius 3 is 2.93 bits per heavy atom. The maximum absolute atomic E-state index is 8.71. The molecule has 1 aromatic rings. The van der Waals surface area contributed by atoms with E-state index >= 15 is 0 Å². The van der Waals surface area contributed by atoms with E-state index in [1.54, 1.807) is 6.07 Å². The van der Waals surface area contributed by atoms with Crippen LogP contribution in [0.1, 0.15) is 19.8 Å². The molecular weight excluding hydrogens is 212 g/mol. The van der Waals surface area contributed by atoms with E-state index < -0.39 is 0 Å². The average Bonchev–Trinajstić information content (AvgIpc) is 2.22. The van der Waals surface area contributed by atoms with Crippen molar-refractivity contribution in [3.63, 3.8) is 0 Å². The SMILES string of the molecule is CC(CCCO)Nc1cccc(Cl)c1N. The smallest absolute Gasteiger partial charge is 0.0739 e. The molecule has 0 amide bonds. The van der Waals surface area contributed by atoms with Gasteiger partial charge in [-0.3, -0.25) is 0 Å². The van der Waals surface area contributed by atoms with Crippen molar-refractivity contribution in [3.8, 4) is 0 Å². The van der Waals surface area contributed by atoms with Crippen molar-refractivity contribution < 1.29 is 5.11 Å². The van der Waals surface area contributed by atoms with Gasteiger partial charge in [0.15, 0.2) is 0 Å². The van der Waals surface area contributed by atoms with Crippen LogP contribution in [0, 0.1) is 0 Å². The quantitative estimate of drug-likeness (QED) is 0.679. The molecule has 0 fully saturated rings. The van der Waals surface area contributed by atoms with Gasteiger partial charge >= 0.3 is 0 Å². The zero-order chi connectivity index (χ0) is 11.3. The van der Waals surface area contributed by atoms with Gasteiger partial charge in [-0.1, -0.05) is 17.7 Å². The molecular formula is C11H17ClN2O. The summed E-state index contributed by atoms with van der Waals surface area (Å²) < 4.78 is 0. The first-order chi connectivity index (χ1) is 7.15. The number of nitrogens with two attached hydrogens (primary N) is 1. The molecule has 0 radical (unpaired) electrons. The van der Waals surface area contributed by atoms with Crippen molar-refractivity contribution >= 4 is 23.0 Å². The Balaban J connectivity index is 2.60. The lowest BCUT2D eigenvalue weighted by Gasteiger charge is -2.16. The third kappa shape index (κ3) is 3.61. The van der Waals surface area contributed by atoms with E-state index in [2.05, 4.69) is 12.2 Å². The van der Waals surface area contributed by atoms with Gasteiger partial charge in [-0.25, -0.2) is 0 Å². The molecule has 0 heterocycles. The minimum Gasteiger partial charge on any atom is -0.396 e. The zero-order valence-corrected chi connectivity index (χ0v) is 9.59. The van der Waals surface area contributed by atoms with Crippen molar-refractivity contribution in [3.05, 3.63) is 23.2 Å². The Labute approximate surface area is 95.2 Å². The molecule has 4 N–H and O–H groups in total. The van der Waals surface area contributed by atoms with Gasteiger partial charge < -0.3 is 16.2 Å². The second-order valence-corrected chi connectivity index (χ2v) is 4.02. The van der Waals surface area contributed by atoms with Gasteiger partial charge in [-0.2, -0.15) is 0 Å². The van der Waals surface area contributed by atoms with Crippen LogP contribution < -0.4 is 11.1 Å². The number of aliphatic hydroxyl groups excluding tert-OH is 1. The number of hydrogen-bond donors (Lipinski definition) is 3. The summed E-state index contributed by atoms with van der Waals surface area (Å²) in [5, 5.41) is 12.5. The number of hydrogen-bond acceptors (Lipinski definition) is 3. The van der Waals surface area contributed by atoms with Crippen molar-refractivity contribution in [1.82, 2.24) is 0 Å². The van der Waals surface area contributed by atoms with Crippen LogP contribution in [0.25, 0.3) is 0 Å². The maximum Gasteiger partial charge on any atom is 0.0739 e. The molecule has 0 spiro atoms. The monoisotopic (exact) mass is 228 g/mol. The first-order valence-electron chi connectivity index (χ1n) is 5.06. The fraction of sp³-hybridized carbons (Fsp3) is 0.455. The average molecular weight is 229 g/mol. The van der Waals surface area contributed by atoms with E-state index in [1.165, 1.54) is 0 Å². The summed E-state index contributed by atoms with van der Waals surface area (Å²) in [5.74, 6) is 0. The minimum absolute atomic E-state index is 0.219. The fourth-order valence-corrected chi connectivity index (χ4v) is 1.57. The van der Waals surface area contributed by atoms with E-state index in [4.69, 9.17) is 22.4 Å². The number of rotatable bonds is 5. The fourth-order valence-electron chi connectivity index (χ4n) is 1.40. The molecule has 84 valence electrons. The minimum atomic E-state index is 0.219. The summed E-state index contributed by atoms with van der Waals surface area (Å²) in [5.41, 5.74) is 7.25. The normalized spacial score (nSPS) is 12.5. The Morgan fingerprint density at radius 2 is 2.27 bits per heavy atom. The Bertz CT molecular complexity index is 317. The van der Waals surface area contributed by atoms with Crippen LogP contribution in [0.3, 0.4) is 0 Å². The second-order valence-electron chi connectivity index (χ2n) is 3.61. The highest BCUT2D eigenvalue weighted by atomic mass is 35.5. The summed E-state index contributed by atoms with van der Waals surface area (Å²) in [6, 6.07) is 5.80. The largest absolute Gasteiger partial charge is 0.396 e. The summed E-state index contributed by atoms with van der Waals surface area (Å²) in [4.78, 5) is 0. The van der Waals surface area contributed by atoms with Crippen LogP contribution >= 0.6 is 11.6 Å². The van der Waals surface area contributed by atoms with E-state index in [1.807, 2.05) is 12.1 Å². The van der Waals surface area contributed by atoms with Gasteiger partial charge in [0.1, 0.15) is 0 Å². The van der Waals surface area contributed by atoms with Crippen molar-refractivity contribution in [2.75, 3.05) is 17.7 Å². The topological polar surface area (TPSA) is 58.3 Å². The van der Waals surface area contributed by atoms with Crippen molar-refractivity contribution in [1.29, 1.82) is 0 Å². The molecule has 1 atom stereocenters. The Kier molecular flexibility index (Phi) is 4.72. The molecule has 0 aliphatic rings. The summed E-state index contributed by atoms with van der Waals surface area (Å²) in [6.45, 7) is 2.27. The predicted octanol–water partition coefficient (Wildman–Crippen LogP) is 2.50. The molecule has 3 nitrogen and oxygen atoms in total. The Morgan fingerprint density at radius 1 is 1.53 bits per heavy atom. The number of aliphatic hydroxyl groups is 1. The standard InChI is InChI=1S/C11H17ClN2O/c1-8(4-3-7-15)14-10-6-2-5-9(12)11(10)13/h2,5-6,8,14-15H,3-4,7,13H2,1H3.